The van der Waals surface area contributed by atoms with Crippen molar-refractivity contribution in [1.29, 1.82) is 0 Å². The fourth-order valence-corrected chi connectivity index (χ4v) is 8.46. The Hall–Kier alpha value is -0.910. The summed E-state index contributed by atoms with van der Waals surface area (Å²) in [5.41, 5.74) is -3.21. The minimum absolute atomic E-state index is 0. The minimum atomic E-state index is -0.880. The van der Waals surface area contributed by atoms with E-state index in [2.05, 4.69) is 67.6 Å². The number of carbonyl (C=O) groups is 2. The Bertz CT molecular complexity index is 989. The van der Waals surface area contributed by atoms with Gasteiger partial charge in [0.05, 0.1) is 18.1 Å². The predicted octanol–water partition coefficient (Wildman–Crippen LogP) is 5.92. The number of hydroxylamine groups is 2. The average molecular weight is 630 g/mol. The lowest BCUT2D eigenvalue weighted by molar-refractivity contribution is -0.300. The zero-order chi connectivity index (χ0) is 32.2. The molecule has 0 aliphatic carbocycles. The van der Waals surface area contributed by atoms with Gasteiger partial charge in [-0.05, 0) is 88.0 Å². The Morgan fingerprint density at radius 2 is 1.58 bits per heavy atom. The normalized spacial score (nSPS) is 29.3. The van der Waals surface area contributed by atoms with Gasteiger partial charge in [-0.25, -0.2) is 0 Å². The Balaban J connectivity index is 0.00000645. The molecule has 252 valence electrons. The molecule has 0 aromatic carbocycles. The number of rotatable bonds is 9. The third-order valence-electron chi connectivity index (χ3n) is 8.66. The van der Waals surface area contributed by atoms with Crippen LogP contribution in [0.2, 0.25) is 0 Å². The summed E-state index contributed by atoms with van der Waals surface area (Å²) in [4.78, 5) is 35.0. The highest BCUT2D eigenvalue weighted by atomic mass is 32.1. The molecule has 3 aliphatic heterocycles. The first kappa shape index (κ1) is 38.3. The standard InChI is InChI=1S/C33H61N3O6.H2S/c1-15-40-36-30(10,11)20-33(21-31(36,12)13)25(37)35(22-39-33)18-23(2)42-32(14)17-24(16-29(8,9)34-32)41-26(38)28(6,7)19-27(3,4)5;/h23-24,34H,15-22H2,1-14H3;1H2. The quantitative estimate of drug-likeness (QED) is 0.315. The number of piperidine rings is 2. The second-order valence-corrected chi connectivity index (χ2v) is 17.2. The van der Waals surface area contributed by atoms with E-state index in [0.717, 1.165) is 6.42 Å². The van der Waals surface area contributed by atoms with Crippen molar-refractivity contribution in [2.24, 2.45) is 10.8 Å². The zero-order valence-corrected chi connectivity index (χ0v) is 30.7. The van der Waals surface area contributed by atoms with E-state index in [1.165, 1.54) is 0 Å². The van der Waals surface area contributed by atoms with Gasteiger partial charge in [-0.1, -0.05) is 20.8 Å². The molecule has 1 spiro atoms. The molecule has 1 N–H and O–H groups in total. The van der Waals surface area contributed by atoms with Gasteiger partial charge in [0, 0.05) is 48.8 Å². The molecule has 0 aromatic rings. The van der Waals surface area contributed by atoms with Gasteiger partial charge in [0.25, 0.3) is 5.91 Å². The first-order valence-electron chi connectivity index (χ1n) is 15.9. The first-order chi connectivity index (χ1) is 18.8. The number of carbonyl (C=O) groups excluding carboxylic acids is 2. The fourth-order valence-electron chi connectivity index (χ4n) is 8.46. The molecule has 0 radical (unpaired) electrons. The number of esters is 1. The van der Waals surface area contributed by atoms with E-state index in [9.17, 15) is 9.59 Å². The summed E-state index contributed by atoms with van der Waals surface area (Å²) in [5.74, 6) is -0.146. The summed E-state index contributed by atoms with van der Waals surface area (Å²) in [6.07, 6.45) is 2.54. The van der Waals surface area contributed by atoms with Crippen molar-refractivity contribution in [1.82, 2.24) is 15.3 Å². The van der Waals surface area contributed by atoms with Crippen LogP contribution < -0.4 is 5.32 Å². The van der Waals surface area contributed by atoms with Crippen LogP contribution in [0.25, 0.3) is 0 Å². The Morgan fingerprint density at radius 1 is 1.02 bits per heavy atom. The molecule has 0 aromatic heterocycles. The number of nitrogens with one attached hydrogen (secondary N) is 1. The molecule has 3 heterocycles. The monoisotopic (exact) mass is 629 g/mol. The van der Waals surface area contributed by atoms with Crippen molar-refractivity contribution in [3.05, 3.63) is 0 Å². The van der Waals surface area contributed by atoms with Gasteiger partial charge in [-0.15, -0.1) is 0 Å². The SMILES string of the molecule is CCON1C(C)(C)CC2(CC1(C)C)OCN(CC(C)OC1(C)CC(OC(=O)C(C)(C)CC(C)(C)C)CC(C)(C)N1)C2=O.S. The zero-order valence-electron chi connectivity index (χ0n) is 29.7. The summed E-state index contributed by atoms with van der Waals surface area (Å²) >= 11 is 0. The molecule has 0 bridgehead atoms. The Morgan fingerprint density at radius 3 is 2.09 bits per heavy atom. The maximum Gasteiger partial charge on any atom is 0.311 e. The number of hydrogen-bond donors (Lipinski definition) is 1. The number of amides is 1. The molecular weight excluding hydrogens is 566 g/mol. The van der Waals surface area contributed by atoms with E-state index < -0.39 is 16.7 Å². The highest BCUT2D eigenvalue weighted by Crippen LogP contribution is 2.48. The van der Waals surface area contributed by atoms with Crippen LogP contribution in [-0.4, -0.2) is 81.9 Å². The number of hydrogen-bond acceptors (Lipinski definition) is 8. The van der Waals surface area contributed by atoms with Crippen molar-refractivity contribution in [2.75, 3.05) is 19.9 Å². The maximum atomic E-state index is 13.9. The van der Waals surface area contributed by atoms with E-state index in [4.69, 9.17) is 19.0 Å². The maximum absolute atomic E-state index is 13.9. The van der Waals surface area contributed by atoms with Gasteiger partial charge in [-0.2, -0.15) is 18.6 Å². The van der Waals surface area contributed by atoms with Crippen molar-refractivity contribution in [3.63, 3.8) is 0 Å². The van der Waals surface area contributed by atoms with Gasteiger partial charge in [-0.3, -0.25) is 19.7 Å². The molecular formula is C33H63N3O6S. The van der Waals surface area contributed by atoms with Crippen LogP contribution in [0.3, 0.4) is 0 Å². The van der Waals surface area contributed by atoms with E-state index >= 15 is 0 Å². The lowest BCUT2D eigenvalue weighted by Crippen LogP contribution is -2.67. The number of nitrogens with zero attached hydrogens (tertiary/aromatic N) is 2. The molecule has 9 nitrogen and oxygen atoms in total. The van der Waals surface area contributed by atoms with Gasteiger partial charge < -0.3 is 19.1 Å². The average Bonchev–Trinajstić information content (AvgIpc) is 3.00. The lowest BCUT2D eigenvalue weighted by Gasteiger charge is -2.55. The summed E-state index contributed by atoms with van der Waals surface area (Å²) in [6.45, 7) is 30.3. The van der Waals surface area contributed by atoms with Crippen molar-refractivity contribution in [2.45, 2.75) is 169 Å². The molecule has 43 heavy (non-hydrogen) atoms. The van der Waals surface area contributed by atoms with Gasteiger partial charge in [0.2, 0.25) is 0 Å². The summed E-state index contributed by atoms with van der Waals surface area (Å²) < 4.78 is 19.1. The Labute approximate surface area is 268 Å². The number of ether oxygens (including phenoxy) is 3. The van der Waals surface area contributed by atoms with Gasteiger partial charge in [0.1, 0.15) is 18.6 Å². The second-order valence-electron chi connectivity index (χ2n) is 17.2. The van der Waals surface area contributed by atoms with E-state index in [1.807, 2.05) is 39.7 Å². The van der Waals surface area contributed by atoms with Crippen LogP contribution in [0.1, 0.15) is 129 Å². The van der Waals surface area contributed by atoms with Crippen LogP contribution in [0.4, 0.5) is 0 Å². The smallest absolute Gasteiger partial charge is 0.311 e. The highest BCUT2D eigenvalue weighted by Gasteiger charge is 2.61. The van der Waals surface area contributed by atoms with Gasteiger partial charge in [0.15, 0.2) is 5.60 Å². The topological polar surface area (TPSA) is 89.6 Å². The first-order valence-corrected chi connectivity index (χ1v) is 15.9. The lowest BCUT2D eigenvalue weighted by atomic mass is 9.72. The molecule has 3 saturated heterocycles. The van der Waals surface area contributed by atoms with Crippen molar-refractivity contribution >= 4 is 25.4 Å². The van der Waals surface area contributed by atoms with E-state index in [0.29, 0.717) is 38.8 Å². The Kier molecular flexibility index (Phi) is 11.3. The van der Waals surface area contributed by atoms with Crippen molar-refractivity contribution < 1.29 is 28.6 Å². The molecule has 3 atom stereocenters. The summed E-state index contributed by atoms with van der Waals surface area (Å²) in [6, 6.07) is 0. The van der Waals surface area contributed by atoms with Crippen molar-refractivity contribution in [3.8, 4) is 0 Å². The van der Waals surface area contributed by atoms with Gasteiger partial charge >= 0.3 is 5.97 Å². The van der Waals surface area contributed by atoms with E-state index in [1.54, 1.807) is 4.90 Å². The van der Waals surface area contributed by atoms with Crippen LogP contribution in [0, 0.1) is 10.8 Å². The molecule has 3 aliphatic rings. The van der Waals surface area contributed by atoms with Crippen LogP contribution in [0.15, 0.2) is 0 Å². The molecule has 3 rings (SSSR count). The molecule has 3 fully saturated rings. The molecule has 10 heteroatoms. The van der Waals surface area contributed by atoms with Crippen LogP contribution in [-0.2, 0) is 28.6 Å². The predicted molar refractivity (Wildman–Crippen MR) is 175 cm³/mol. The molecule has 1 amide bonds. The molecule has 3 unspecified atom stereocenters. The molecule has 0 saturated carbocycles. The third kappa shape index (κ3) is 9.09. The minimum Gasteiger partial charge on any atom is -0.462 e. The van der Waals surface area contributed by atoms with Crippen LogP contribution >= 0.6 is 13.5 Å². The summed E-state index contributed by atoms with van der Waals surface area (Å²) in [7, 11) is 0. The summed E-state index contributed by atoms with van der Waals surface area (Å²) in [5, 5.41) is 5.69. The van der Waals surface area contributed by atoms with Crippen LogP contribution in [0.5, 0.6) is 0 Å². The fraction of sp³-hybridized carbons (Fsp3) is 0.939. The highest BCUT2D eigenvalue weighted by molar-refractivity contribution is 7.59. The second kappa shape index (κ2) is 12.7. The third-order valence-corrected chi connectivity index (χ3v) is 8.66. The van der Waals surface area contributed by atoms with E-state index in [-0.39, 0.29) is 66.3 Å². The largest absolute Gasteiger partial charge is 0.462 e.